The van der Waals surface area contributed by atoms with Crippen LogP contribution in [0.15, 0.2) is 85.2 Å². The van der Waals surface area contributed by atoms with E-state index >= 15 is 9.18 Å². The SMILES string of the molecule is Cc1cc(F)c(Nc2nc(-c3ccc4c(c3)N(C3CC(N5CCCCC5)C3)C(=O)C43CCN(C(=O)CN4CCC(c5ccc(C(=O)NCCCc6cccc7c6C(=O)N(C6CCC(=O)NC6=O)C7=O)cc5)CC4)CC3)cc3ncn(C(C)C)c23)cc1C(=O)NC(C)C. The van der Waals surface area contributed by atoms with E-state index < -0.39 is 40.9 Å². The molecule has 13 rings (SSSR count). The molecule has 4 saturated heterocycles. The third kappa shape index (κ3) is 11.7. The quantitative estimate of drug-likeness (QED) is 0.0494. The summed E-state index contributed by atoms with van der Waals surface area (Å²) in [7, 11) is 0. The molecule has 1 saturated carbocycles. The first-order chi connectivity index (χ1) is 44.3. The van der Waals surface area contributed by atoms with Crippen molar-refractivity contribution >= 4 is 75.5 Å². The highest BCUT2D eigenvalue weighted by Crippen LogP contribution is 2.52. The second kappa shape index (κ2) is 25.4. The number of benzene rings is 4. The number of rotatable bonds is 17. The van der Waals surface area contributed by atoms with Crippen LogP contribution in [0.5, 0.6) is 0 Å². The summed E-state index contributed by atoms with van der Waals surface area (Å²) in [5.74, 6) is -2.40. The number of aromatic nitrogens is 3. The van der Waals surface area contributed by atoms with Crippen LogP contribution < -0.4 is 26.2 Å². The van der Waals surface area contributed by atoms with E-state index in [0.717, 1.165) is 79.1 Å². The largest absolute Gasteiger partial charge is 0.352 e. The summed E-state index contributed by atoms with van der Waals surface area (Å²) in [5.41, 5.74) is 7.61. The molecule has 92 heavy (non-hydrogen) atoms. The summed E-state index contributed by atoms with van der Waals surface area (Å²) in [6.07, 6.45) is 11.0. The number of imidazole rings is 1. The number of nitrogens with zero attached hydrogens (tertiary/aromatic N) is 8. The van der Waals surface area contributed by atoms with Crippen LogP contribution in [0.2, 0.25) is 0 Å². The summed E-state index contributed by atoms with van der Waals surface area (Å²) in [6.45, 7) is 14.8. The van der Waals surface area contributed by atoms with Gasteiger partial charge in [0.2, 0.25) is 23.6 Å². The number of anilines is 3. The zero-order chi connectivity index (χ0) is 64.3. The summed E-state index contributed by atoms with van der Waals surface area (Å²) < 4.78 is 18.0. The van der Waals surface area contributed by atoms with Gasteiger partial charge in [-0.25, -0.2) is 14.4 Å². The molecular formula is C71H81FN12O8. The Kier molecular flexibility index (Phi) is 17.2. The standard InChI is InChI=1S/C71H81FN12O8/c1-41(2)75-66(88)52-37-56(54(72)33-43(52)5)77-64-63-57(74-40-82(63)42(3)4)38-55(76-64)48-18-19-53-59(34-48)83(50-35-49(36-50)80-27-7-6-8-28-80)70(92)71(53)24-31-81(32-25-71)61(86)39-79-29-22-45(23-30-79)44-14-16-47(17-15-44)65(87)73-26-10-12-46-11-9-13-51-62(46)69(91)84(68(51)90)58-20-21-60(85)78-67(58)89/h9,11,13-19,33-34,37-38,40-42,45,49-50,58H,6-8,10,12,20-32,35-36,39H2,1-5H3,(H,73,87)(H,75,88)(H,76,77)(H,78,85,89). The van der Waals surface area contributed by atoms with Crippen LogP contribution in [0.3, 0.4) is 0 Å². The highest BCUT2D eigenvalue weighted by Gasteiger charge is 2.56. The van der Waals surface area contributed by atoms with E-state index in [-0.39, 0.29) is 77.3 Å². The average molecular weight is 1250 g/mol. The van der Waals surface area contributed by atoms with Crippen LogP contribution in [-0.4, -0.2) is 158 Å². The van der Waals surface area contributed by atoms with Gasteiger partial charge in [0.25, 0.3) is 23.6 Å². The number of hydrogen-bond donors (Lipinski definition) is 4. The number of halogens is 1. The molecule has 7 aliphatic rings. The van der Waals surface area contributed by atoms with Crippen molar-refractivity contribution in [1.29, 1.82) is 0 Å². The van der Waals surface area contributed by atoms with Crippen molar-refractivity contribution in [3.05, 3.63) is 136 Å². The Morgan fingerprint density at radius 3 is 2.26 bits per heavy atom. The molecule has 4 N–H and O–H groups in total. The van der Waals surface area contributed by atoms with Crippen LogP contribution in [0.25, 0.3) is 22.3 Å². The Bertz CT molecular complexity index is 3950. The Hall–Kier alpha value is -8.69. The minimum absolute atomic E-state index is 0.00627. The highest BCUT2D eigenvalue weighted by molar-refractivity contribution is 6.24. The van der Waals surface area contributed by atoms with Gasteiger partial charge in [0.15, 0.2) is 5.82 Å². The van der Waals surface area contributed by atoms with E-state index in [1.54, 1.807) is 31.5 Å². The number of amides is 8. The van der Waals surface area contributed by atoms with Gasteiger partial charge >= 0.3 is 0 Å². The van der Waals surface area contributed by atoms with Crippen LogP contribution in [0.1, 0.15) is 180 Å². The number of imide groups is 2. The van der Waals surface area contributed by atoms with E-state index in [2.05, 4.69) is 48.1 Å². The van der Waals surface area contributed by atoms with Gasteiger partial charge in [-0.05, 0) is 202 Å². The lowest BCUT2D eigenvalue weighted by Crippen LogP contribution is -2.58. The maximum atomic E-state index is 16.0. The van der Waals surface area contributed by atoms with Gasteiger partial charge in [0.1, 0.15) is 17.4 Å². The molecule has 1 unspecified atom stereocenters. The van der Waals surface area contributed by atoms with E-state index in [4.69, 9.17) is 9.97 Å². The molecule has 2 aromatic heterocycles. The molecule has 0 radical (unpaired) electrons. The lowest BCUT2D eigenvalue weighted by molar-refractivity contribution is -0.137. The minimum atomic E-state index is -1.04. The van der Waals surface area contributed by atoms with Gasteiger partial charge in [0.05, 0.1) is 46.3 Å². The molecule has 5 fully saturated rings. The Labute approximate surface area is 535 Å². The third-order valence-electron chi connectivity index (χ3n) is 20.4. The first kappa shape index (κ1) is 62.1. The van der Waals surface area contributed by atoms with Gasteiger partial charge in [0, 0.05) is 72.6 Å². The van der Waals surface area contributed by atoms with Crippen LogP contribution in [0, 0.1) is 12.7 Å². The number of carbonyl (C=O) groups is 8. The second-order valence-electron chi connectivity index (χ2n) is 26.9. The summed E-state index contributed by atoms with van der Waals surface area (Å²) in [6, 6.07) is 23.1. The van der Waals surface area contributed by atoms with Gasteiger partial charge < -0.3 is 35.2 Å². The number of piperidine rings is 4. The topological polar surface area (TPSA) is 232 Å². The van der Waals surface area contributed by atoms with Gasteiger partial charge in [-0.3, -0.25) is 53.5 Å². The fraction of sp³-hybridized carbons (Fsp3) is 0.465. The first-order valence-corrected chi connectivity index (χ1v) is 33.0. The van der Waals surface area contributed by atoms with Crippen molar-refractivity contribution < 1.29 is 42.7 Å². The van der Waals surface area contributed by atoms with Crippen molar-refractivity contribution in [1.82, 2.24) is 50.1 Å². The zero-order valence-corrected chi connectivity index (χ0v) is 53.1. The number of hydrogen-bond acceptors (Lipinski definition) is 13. The van der Waals surface area contributed by atoms with Crippen LogP contribution in [0.4, 0.5) is 21.6 Å². The zero-order valence-electron chi connectivity index (χ0n) is 53.1. The number of likely N-dealkylation sites (tertiary alicyclic amines) is 3. The molecule has 0 bridgehead atoms. The average Bonchev–Trinajstić information content (AvgIpc) is 1.55. The number of aryl methyl sites for hydroxylation is 2. The Morgan fingerprint density at radius 1 is 0.793 bits per heavy atom. The molecule has 6 aliphatic heterocycles. The smallest absolute Gasteiger partial charge is 0.262 e. The molecular weight excluding hydrogens is 1170 g/mol. The summed E-state index contributed by atoms with van der Waals surface area (Å²) >= 11 is 0. The summed E-state index contributed by atoms with van der Waals surface area (Å²) in [5, 5.41) is 11.4. The van der Waals surface area contributed by atoms with Crippen molar-refractivity contribution in [2.24, 2.45) is 0 Å². The normalized spacial score (nSPS) is 21.1. The number of pyridine rings is 1. The van der Waals surface area contributed by atoms with Crippen molar-refractivity contribution in [3.63, 3.8) is 0 Å². The molecule has 21 heteroatoms. The van der Waals surface area contributed by atoms with E-state index in [1.807, 2.05) is 73.6 Å². The molecule has 6 aromatic rings. The maximum Gasteiger partial charge on any atom is 0.262 e. The Balaban J connectivity index is 0.643. The third-order valence-corrected chi connectivity index (χ3v) is 20.4. The van der Waals surface area contributed by atoms with E-state index in [9.17, 15) is 33.6 Å². The first-order valence-electron chi connectivity index (χ1n) is 33.0. The number of fused-ring (bicyclic) bond motifs is 4. The monoisotopic (exact) mass is 1250 g/mol. The van der Waals surface area contributed by atoms with Crippen molar-refractivity contribution in [3.8, 4) is 11.3 Å². The molecule has 4 aromatic carbocycles. The molecule has 1 aliphatic carbocycles. The molecule has 480 valence electrons. The second-order valence-corrected chi connectivity index (χ2v) is 26.9. The van der Waals surface area contributed by atoms with Crippen molar-refractivity contribution in [2.45, 2.75) is 160 Å². The van der Waals surface area contributed by atoms with E-state index in [0.29, 0.717) is 103 Å². The van der Waals surface area contributed by atoms with Crippen LogP contribution >= 0.6 is 0 Å². The number of carbonyl (C=O) groups excluding carboxylic acids is 8. The maximum absolute atomic E-state index is 16.0. The lowest BCUT2D eigenvalue weighted by Gasteiger charge is -2.48. The number of nitrogens with one attached hydrogen (secondary N) is 4. The Morgan fingerprint density at radius 2 is 1.54 bits per heavy atom. The fourth-order valence-corrected chi connectivity index (χ4v) is 15.3. The van der Waals surface area contributed by atoms with Crippen LogP contribution in [-0.2, 0) is 31.0 Å². The predicted octanol–water partition coefficient (Wildman–Crippen LogP) is 8.88. The molecule has 8 amide bonds. The summed E-state index contributed by atoms with van der Waals surface area (Å²) in [4.78, 5) is 127. The minimum Gasteiger partial charge on any atom is -0.352 e. The molecule has 1 atom stereocenters. The highest BCUT2D eigenvalue weighted by atomic mass is 19.1. The van der Waals surface area contributed by atoms with Crippen molar-refractivity contribution in [2.75, 3.05) is 62.6 Å². The fourth-order valence-electron chi connectivity index (χ4n) is 15.3. The molecule has 8 heterocycles. The van der Waals surface area contributed by atoms with Gasteiger partial charge in [-0.15, -0.1) is 0 Å². The molecule has 1 spiro atoms. The predicted molar refractivity (Wildman–Crippen MR) is 346 cm³/mol. The van der Waals surface area contributed by atoms with E-state index in [1.165, 1.54) is 31.4 Å². The molecule has 20 nitrogen and oxygen atoms in total. The van der Waals surface area contributed by atoms with Gasteiger partial charge in [-0.2, -0.15) is 0 Å². The van der Waals surface area contributed by atoms with Gasteiger partial charge in [-0.1, -0.05) is 42.8 Å². The lowest BCUT2D eigenvalue weighted by atomic mass is 9.73.